The molecule has 0 aromatic heterocycles. The Morgan fingerprint density at radius 1 is 1.32 bits per heavy atom. The standard InChI is InChI=1S/C14H15NO3S/c1-9(2)8-15-13(17)12(19-14(15)18)7-10-5-3-4-6-11(10)16/h3-7,9,16H,8H2,1-2H3/b12-7-. The van der Waals surface area contributed by atoms with Crippen molar-refractivity contribution >= 4 is 29.0 Å². The molecule has 0 radical (unpaired) electrons. The molecule has 5 heteroatoms. The molecule has 1 aliphatic rings. The van der Waals surface area contributed by atoms with Crippen LogP contribution in [-0.2, 0) is 4.79 Å². The molecule has 0 saturated carbocycles. The average molecular weight is 277 g/mol. The molecule has 1 N–H and O–H groups in total. The van der Waals surface area contributed by atoms with Gasteiger partial charge in [0.15, 0.2) is 0 Å². The van der Waals surface area contributed by atoms with E-state index in [2.05, 4.69) is 0 Å². The zero-order chi connectivity index (χ0) is 14.0. The number of phenolic OH excluding ortho intramolecular Hbond substituents is 1. The van der Waals surface area contributed by atoms with Crippen molar-refractivity contribution in [3.05, 3.63) is 34.7 Å². The topological polar surface area (TPSA) is 57.6 Å². The number of imide groups is 1. The Morgan fingerprint density at radius 3 is 2.63 bits per heavy atom. The zero-order valence-electron chi connectivity index (χ0n) is 10.8. The SMILES string of the molecule is CC(C)CN1C(=O)S/C(=C\c2ccccc2O)C1=O. The molecule has 1 aliphatic heterocycles. The minimum Gasteiger partial charge on any atom is -0.507 e. The molecule has 2 amide bonds. The molecule has 0 unspecified atom stereocenters. The second-order valence-corrected chi connectivity index (χ2v) is 5.74. The van der Waals surface area contributed by atoms with Crippen LogP contribution in [0.2, 0.25) is 0 Å². The minimum atomic E-state index is -0.285. The van der Waals surface area contributed by atoms with Gasteiger partial charge in [0.25, 0.3) is 11.1 Å². The molecule has 1 aromatic carbocycles. The maximum Gasteiger partial charge on any atom is 0.293 e. The van der Waals surface area contributed by atoms with Crippen LogP contribution in [0.1, 0.15) is 19.4 Å². The van der Waals surface area contributed by atoms with Gasteiger partial charge in [-0.25, -0.2) is 0 Å². The van der Waals surface area contributed by atoms with Crippen LogP contribution in [0, 0.1) is 5.92 Å². The molecular formula is C14H15NO3S. The number of carbonyl (C=O) groups excluding carboxylic acids is 2. The Hall–Kier alpha value is -1.75. The van der Waals surface area contributed by atoms with E-state index < -0.39 is 0 Å². The highest BCUT2D eigenvalue weighted by Gasteiger charge is 2.35. The lowest BCUT2D eigenvalue weighted by Gasteiger charge is -2.14. The normalized spacial score (nSPS) is 17.8. The summed E-state index contributed by atoms with van der Waals surface area (Å²) in [7, 11) is 0. The van der Waals surface area contributed by atoms with E-state index in [1.54, 1.807) is 30.3 Å². The average Bonchev–Trinajstić information content (AvgIpc) is 2.60. The maximum atomic E-state index is 12.1. The molecule has 4 nitrogen and oxygen atoms in total. The maximum absolute atomic E-state index is 12.1. The summed E-state index contributed by atoms with van der Waals surface area (Å²) in [6.07, 6.45) is 1.56. The molecule has 0 aliphatic carbocycles. The van der Waals surface area contributed by atoms with Gasteiger partial charge < -0.3 is 5.11 Å². The van der Waals surface area contributed by atoms with Crippen LogP contribution in [0.15, 0.2) is 29.2 Å². The predicted molar refractivity (Wildman–Crippen MR) is 75.6 cm³/mol. The fourth-order valence-electron chi connectivity index (χ4n) is 1.77. The Bertz CT molecular complexity index is 551. The van der Waals surface area contributed by atoms with Gasteiger partial charge in [0.2, 0.25) is 0 Å². The molecule has 0 bridgehead atoms. The number of hydrogen-bond donors (Lipinski definition) is 1. The second kappa shape index (κ2) is 5.48. The summed E-state index contributed by atoms with van der Waals surface area (Å²) in [5, 5.41) is 9.42. The summed E-state index contributed by atoms with van der Waals surface area (Å²) in [5.74, 6) is 0.0445. The molecule has 19 heavy (non-hydrogen) atoms. The van der Waals surface area contributed by atoms with Crippen molar-refractivity contribution in [2.45, 2.75) is 13.8 Å². The monoisotopic (exact) mass is 277 g/mol. The molecule has 100 valence electrons. The van der Waals surface area contributed by atoms with Gasteiger partial charge in [-0.05, 0) is 29.8 Å². The number of para-hydroxylation sites is 1. The van der Waals surface area contributed by atoms with Crippen molar-refractivity contribution in [2.24, 2.45) is 5.92 Å². The van der Waals surface area contributed by atoms with Crippen molar-refractivity contribution in [1.29, 1.82) is 0 Å². The lowest BCUT2D eigenvalue weighted by molar-refractivity contribution is -0.123. The fraction of sp³-hybridized carbons (Fsp3) is 0.286. The lowest BCUT2D eigenvalue weighted by Crippen LogP contribution is -2.31. The number of benzene rings is 1. The van der Waals surface area contributed by atoms with Gasteiger partial charge in [-0.3, -0.25) is 14.5 Å². The molecule has 2 rings (SSSR count). The molecule has 1 fully saturated rings. The van der Waals surface area contributed by atoms with Crippen LogP contribution in [0.5, 0.6) is 5.75 Å². The number of thioether (sulfide) groups is 1. The molecule has 1 aromatic rings. The van der Waals surface area contributed by atoms with Crippen molar-refractivity contribution in [1.82, 2.24) is 4.90 Å². The summed E-state index contributed by atoms with van der Waals surface area (Å²) in [6, 6.07) is 6.72. The third-order valence-electron chi connectivity index (χ3n) is 2.64. The van der Waals surface area contributed by atoms with E-state index in [1.165, 1.54) is 4.90 Å². The van der Waals surface area contributed by atoms with Crippen molar-refractivity contribution < 1.29 is 14.7 Å². The van der Waals surface area contributed by atoms with Crippen LogP contribution in [0.4, 0.5) is 4.79 Å². The van der Waals surface area contributed by atoms with Crippen molar-refractivity contribution in [3.63, 3.8) is 0 Å². The number of hydrogen-bond acceptors (Lipinski definition) is 4. The Labute approximate surface area is 116 Å². The number of nitrogens with zero attached hydrogens (tertiary/aromatic N) is 1. The highest BCUT2D eigenvalue weighted by molar-refractivity contribution is 8.18. The van der Waals surface area contributed by atoms with E-state index in [4.69, 9.17) is 0 Å². The Kier molecular flexibility index (Phi) is 3.95. The predicted octanol–water partition coefficient (Wildman–Crippen LogP) is 3.08. The number of aromatic hydroxyl groups is 1. The van der Waals surface area contributed by atoms with E-state index in [9.17, 15) is 14.7 Å². The molecule has 1 heterocycles. The van der Waals surface area contributed by atoms with Crippen LogP contribution in [0.25, 0.3) is 6.08 Å². The van der Waals surface area contributed by atoms with Crippen LogP contribution < -0.4 is 0 Å². The highest BCUT2D eigenvalue weighted by Crippen LogP contribution is 2.33. The van der Waals surface area contributed by atoms with Crippen LogP contribution in [0.3, 0.4) is 0 Å². The smallest absolute Gasteiger partial charge is 0.293 e. The number of carbonyl (C=O) groups is 2. The van der Waals surface area contributed by atoms with Gasteiger partial charge >= 0.3 is 0 Å². The van der Waals surface area contributed by atoms with E-state index in [0.717, 1.165) is 11.8 Å². The van der Waals surface area contributed by atoms with Crippen LogP contribution >= 0.6 is 11.8 Å². The zero-order valence-corrected chi connectivity index (χ0v) is 11.6. The number of rotatable bonds is 3. The molecule has 0 spiro atoms. The first-order valence-electron chi connectivity index (χ1n) is 6.02. The van der Waals surface area contributed by atoms with E-state index in [1.807, 2.05) is 13.8 Å². The van der Waals surface area contributed by atoms with Crippen LogP contribution in [-0.4, -0.2) is 27.7 Å². The van der Waals surface area contributed by atoms with E-state index in [0.29, 0.717) is 17.0 Å². The molecule has 1 saturated heterocycles. The number of amides is 2. The van der Waals surface area contributed by atoms with Gasteiger partial charge in [0.05, 0.1) is 4.91 Å². The van der Waals surface area contributed by atoms with Gasteiger partial charge in [-0.1, -0.05) is 32.0 Å². The van der Waals surface area contributed by atoms with Gasteiger partial charge in [-0.2, -0.15) is 0 Å². The summed E-state index contributed by atoms with van der Waals surface area (Å²) >= 11 is 0.915. The minimum absolute atomic E-state index is 0.0955. The van der Waals surface area contributed by atoms with Crippen molar-refractivity contribution in [3.8, 4) is 5.75 Å². The summed E-state index contributed by atoms with van der Waals surface area (Å²) < 4.78 is 0. The third-order valence-corrected chi connectivity index (χ3v) is 3.55. The third kappa shape index (κ3) is 2.98. The first-order valence-corrected chi connectivity index (χ1v) is 6.84. The summed E-state index contributed by atoms with van der Waals surface area (Å²) in [4.78, 5) is 25.5. The van der Waals surface area contributed by atoms with Gasteiger partial charge in [0, 0.05) is 12.1 Å². The fourth-order valence-corrected chi connectivity index (χ4v) is 2.61. The first kappa shape index (κ1) is 13.7. The largest absolute Gasteiger partial charge is 0.507 e. The Balaban J connectivity index is 2.26. The van der Waals surface area contributed by atoms with Gasteiger partial charge in [0.1, 0.15) is 5.75 Å². The number of phenols is 1. The molecule has 0 atom stereocenters. The Morgan fingerprint density at radius 2 is 2.00 bits per heavy atom. The van der Waals surface area contributed by atoms with Crippen molar-refractivity contribution in [2.75, 3.05) is 6.54 Å². The van der Waals surface area contributed by atoms with Gasteiger partial charge in [-0.15, -0.1) is 0 Å². The first-order chi connectivity index (χ1) is 8.99. The second-order valence-electron chi connectivity index (χ2n) is 4.74. The summed E-state index contributed by atoms with van der Waals surface area (Å²) in [6.45, 7) is 4.33. The van der Waals surface area contributed by atoms with E-state index in [-0.39, 0.29) is 22.8 Å². The molecular weight excluding hydrogens is 262 g/mol. The lowest BCUT2D eigenvalue weighted by atomic mass is 10.2. The summed E-state index contributed by atoms with van der Waals surface area (Å²) in [5.41, 5.74) is 0.539. The highest BCUT2D eigenvalue weighted by atomic mass is 32.2. The quantitative estimate of drug-likeness (QED) is 0.863. The van der Waals surface area contributed by atoms with E-state index >= 15 is 0 Å².